The molecule has 19 heavy (non-hydrogen) atoms. The van der Waals surface area contributed by atoms with E-state index in [0.29, 0.717) is 6.61 Å². The number of anilines is 1. The van der Waals surface area contributed by atoms with Gasteiger partial charge in [-0.25, -0.2) is 9.97 Å². The van der Waals surface area contributed by atoms with Crippen molar-refractivity contribution in [1.29, 1.82) is 0 Å². The van der Waals surface area contributed by atoms with E-state index < -0.39 is 0 Å². The van der Waals surface area contributed by atoms with Gasteiger partial charge in [0, 0.05) is 37.1 Å². The summed E-state index contributed by atoms with van der Waals surface area (Å²) in [6.07, 6.45) is 6.65. The van der Waals surface area contributed by atoms with E-state index in [1.54, 1.807) is 18.4 Å². The van der Waals surface area contributed by atoms with Crippen molar-refractivity contribution < 1.29 is 4.74 Å². The number of ether oxygens (including phenoxy) is 1. The number of hydrogen-bond acceptors (Lipinski definition) is 5. The number of thiazole rings is 1. The zero-order valence-corrected chi connectivity index (χ0v) is 12.4. The topological polar surface area (TPSA) is 52.0 Å². The maximum Gasteiger partial charge on any atom is 0.203 e. The average Bonchev–Trinajstić information content (AvgIpc) is 3.03. The first-order valence-electron chi connectivity index (χ1n) is 6.44. The molecule has 2 unspecified atom stereocenters. The summed E-state index contributed by atoms with van der Waals surface area (Å²) in [5.74, 6) is 0.867. The standard InChI is InChI=1S/C13H20N4OS/c1-4-11(12-14-6-8-19-12)17-7-5-15-13(17)16-10(2)9-18-3/h5-8,10-11H,4,9H2,1-3H3,(H,15,16). The molecule has 2 heterocycles. The SMILES string of the molecule is CCC(c1nccs1)n1ccnc1NC(C)COC. The Balaban J connectivity index is 2.18. The lowest BCUT2D eigenvalue weighted by Crippen LogP contribution is -2.24. The van der Waals surface area contributed by atoms with Crippen molar-refractivity contribution in [2.75, 3.05) is 19.0 Å². The Hall–Kier alpha value is -1.40. The Labute approximate surface area is 117 Å². The van der Waals surface area contributed by atoms with Gasteiger partial charge in [-0.15, -0.1) is 11.3 Å². The third kappa shape index (κ3) is 3.33. The molecule has 0 aliphatic carbocycles. The number of hydrogen-bond donors (Lipinski definition) is 1. The molecule has 0 amide bonds. The summed E-state index contributed by atoms with van der Waals surface area (Å²) in [6.45, 7) is 4.89. The highest BCUT2D eigenvalue weighted by Gasteiger charge is 2.18. The predicted molar refractivity (Wildman–Crippen MR) is 77.7 cm³/mol. The van der Waals surface area contributed by atoms with Crippen LogP contribution in [0.3, 0.4) is 0 Å². The van der Waals surface area contributed by atoms with Crippen LogP contribution in [0.15, 0.2) is 24.0 Å². The monoisotopic (exact) mass is 280 g/mol. The molecule has 0 saturated carbocycles. The van der Waals surface area contributed by atoms with Crippen molar-refractivity contribution in [3.63, 3.8) is 0 Å². The van der Waals surface area contributed by atoms with Crippen LogP contribution < -0.4 is 5.32 Å². The van der Waals surface area contributed by atoms with Crippen molar-refractivity contribution in [2.45, 2.75) is 32.4 Å². The third-order valence-corrected chi connectivity index (χ3v) is 3.80. The summed E-state index contributed by atoms with van der Waals surface area (Å²) in [5, 5.41) is 6.50. The Morgan fingerprint density at radius 1 is 1.42 bits per heavy atom. The van der Waals surface area contributed by atoms with Crippen molar-refractivity contribution in [3.05, 3.63) is 29.0 Å². The van der Waals surface area contributed by atoms with Crippen LogP contribution in [0.2, 0.25) is 0 Å². The van der Waals surface area contributed by atoms with Gasteiger partial charge in [0.2, 0.25) is 5.95 Å². The van der Waals surface area contributed by atoms with E-state index >= 15 is 0 Å². The molecule has 0 saturated heterocycles. The maximum absolute atomic E-state index is 5.14. The fourth-order valence-corrected chi connectivity index (χ4v) is 2.90. The summed E-state index contributed by atoms with van der Waals surface area (Å²) in [4.78, 5) is 8.81. The predicted octanol–water partition coefficient (Wildman–Crippen LogP) is 2.79. The molecule has 104 valence electrons. The second kappa shape index (κ2) is 6.68. The van der Waals surface area contributed by atoms with Crippen LogP contribution in [0.1, 0.15) is 31.3 Å². The Morgan fingerprint density at radius 3 is 2.89 bits per heavy atom. The molecule has 1 N–H and O–H groups in total. The molecule has 2 aromatic heterocycles. The van der Waals surface area contributed by atoms with Gasteiger partial charge >= 0.3 is 0 Å². The summed E-state index contributed by atoms with van der Waals surface area (Å²) in [7, 11) is 1.70. The number of rotatable bonds is 7. The first kappa shape index (κ1) is 14.0. The van der Waals surface area contributed by atoms with Crippen LogP contribution in [0, 0.1) is 0 Å². The van der Waals surface area contributed by atoms with E-state index in [4.69, 9.17) is 4.74 Å². The molecular weight excluding hydrogens is 260 g/mol. The second-order valence-corrected chi connectivity index (χ2v) is 5.38. The summed E-state index contributed by atoms with van der Waals surface area (Å²) >= 11 is 1.68. The average molecular weight is 280 g/mol. The van der Waals surface area contributed by atoms with Gasteiger partial charge in [0.25, 0.3) is 0 Å². The van der Waals surface area contributed by atoms with Crippen LogP contribution >= 0.6 is 11.3 Å². The minimum absolute atomic E-state index is 0.222. The van der Waals surface area contributed by atoms with Crippen LogP contribution in [0.25, 0.3) is 0 Å². The molecule has 6 heteroatoms. The fraction of sp³-hybridized carbons (Fsp3) is 0.538. The lowest BCUT2D eigenvalue weighted by atomic mass is 10.2. The highest BCUT2D eigenvalue weighted by Crippen LogP contribution is 2.26. The van der Waals surface area contributed by atoms with E-state index in [0.717, 1.165) is 17.4 Å². The van der Waals surface area contributed by atoms with Crippen LogP contribution in [-0.2, 0) is 4.74 Å². The van der Waals surface area contributed by atoms with Crippen molar-refractivity contribution in [1.82, 2.24) is 14.5 Å². The summed E-state index contributed by atoms with van der Waals surface area (Å²) in [6, 6.07) is 0.458. The number of methoxy groups -OCH3 is 1. The van der Waals surface area contributed by atoms with E-state index in [-0.39, 0.29) is 12.1 Å². The molecular formula is C13H20N4OS. The van der Waals surface area contributed by atoms with Crippen molar-refractivity contribution in [2.24, 2.45) is 0 Å². The molecule has 0 radical (unpaired) electrons. The molecule has 2 rings (SSSR count). The van der Waals surface area contributed by atoms with E-state index in [1.807, 2.05) is 24.0 Å². The lowest BCUT2D eigenvalue weighted by Gasteiger charge is -2.20. The first-order valence-corrected chi connectivity index (χ1v) is 7.31. The zero-order chi connectivity index (χ0) is 13.7. The molecule has 0 aliphatic heterocycles. The summed E-state index contributed by atoms with van der Waals surface area (Å²) in [5.41, 5.74) is 0. The molecule has 2 aromatic rings. The van der Waals surface area contributed by atoms with E-state index in [2.05, 4.69) is 33.7 Å². The molecule has 0 fully saturated rings. The first-order chi connectivity index (χ1) is 9.26. The number of imidazole rings is 1. The fourth-order valence-electron chi connectivity index (χ4n) is 2.08. The van der Waals surface area contributed by atoms with Gasteiger partial charge in [-0.2, -0.15) is 0 Å². The quantitative estimate of drug-likeness (QED) is 0.847. The van der Waals surface area contributed by atoms with Crippen LogP contribution in [0.4, 0.5) is 5.95 Å². The minimum atomic E-state index is 0.222. The third-order valence-electron chi connectivity index (χ3n) is 2.92. The van der Waals surface area contributed by atoms with E-state index in [9.17, 15) is 0 Å². The van der Waals surface area contributed by atoms with Crippen molar-refractivity contribution in [3.8, 4) is 0 Å². The lowest BCUT2D eigenvalue weighted by molar-refractivity contribution is 0.190. The van der Waals surface area contributed by atoms with Gasteiger partial charge in [-0.1, -0.05) is 6.92 Å². The zero-order valence-electron chi connectivity index (χ0n) is 11.5. The normalized spacial score (nSPS) is 14.3. The van der Waals surface area contributed by atoms with Crippen LogP contribution in [0.5, 0.6) is 0 Å². The van der Waals surface area contributed by atoms with Gasteiger partial charge in [0.15, 0.2) is 0 Å². The molecule has 5 nitrogen and oxygen atoms in total. The highest BCUT2D eigenvalue weighted by atomic mass is 32.1. The second-order valence-electron chi connectivity index (χ2n) is 4.45. The smallest absolute Gasteiger partial charge is 0.203 e. The number of nitrogens with zero attached hydrogens (tertiary/aromatic N) is 3. The summed E-state index contributed by atoms with van der Waals surface area (Å²) < 4.78 is 7.29. The Bertz CT molecular complexity index is 483. The van der Waals surface area contributed by atoms with Gasteiger partial charge in [-0.3, -0.25) is 0 Å². The van der Waals surface area contributed by atoms with Gasteiger partial charge in [-0.05, 0) is 13.3 Å². The van der Waals surface area contributed by atoms with E-state index in [1.165, 1.54) is 0 Å². The van der Waals surface area contributed by atoms with Gasteiger partial charge in [0.05, 0.1) is 12.6 Å². The number of aromatic nitrogens is 3. The van der Waals surface area contributed by atoms with Gasteiger partial charge in [0.1, 0.15) is 5.01 Å². The van der Waals surface area contributed by atoms with Crippen molar-refractivity contribution >= 4 is 17.3 Å². The Kier molecular flexibility index (Phi) is 4.93. The van der Waals surface area contributed by atoms with Gasteiger partial charge < -0.3 is 14.6 Å². The molecule has 0 bridgehead atoms. The largest absolute Gasteiger partial charge is 0.383 e. The molecule has 0 spiro atoms. The molecule has 0 aromatic carbocycles. The Morgan fingerprint density at radius 2 is 2.26 bits per heavy atom. The maximum atomic E-state index is 5.14. The molecule has 2 atom stereocenters. The molecule has 0 aliphatic rings. The van der Waals surface area contributed by atoms with Crippen LogP contribution in [-0.4, -0.2) is 34.3 Å². The highest BCUT2D eigenvalue weighted by molar-refractivity contribution is 7.09. The number of nitrogens with one attached hydrogen (secondary N) is 1. The minimum Gasteiger partial charge on any atom is -0.383 e.